The third-order valence-corrected chi connectivity index (χ3v) is 5.61. The molecule has 28 heavy (non-hydrogen) atoms. The minimum Gasteiger partial charge on any atom is -0.494 e. The Morgan fingerprint density at radius 1 is 0.964 bits per heavy atom. The first-order valence-corrected chi connectivity index (χ1v) is 11.0. The Bertz CT molecular complexity index is 834. The molecule has 0 aliphatic carbocycles. The zero-order valence-corrected chi connectivity index (χ0v) is 17.6. The van der Waals surface area contributed by atoms with Gasteiger partial charge in [-0.1, -0.05) is 19.4 Å². The number of nitrogens with one attached hydrogen (secondary N) is 1. The average Bonchev–Trinajstić information content (AvgIpc) is 2.69. The van der Waals surface area contributed by atoms with Crippen LogP contribution in [0.3, 0.4) is 0 Å². The van der Waals surface area contributed by atoms with Crippen LogP contribution in [-0.4, -0.2) is 35.3 Å². The maximum atomic E-state index is 12.5. The summed E-state index contributed by atoms with van der Waals surface area (Å²) in [5.41, 5.74) is 0.961. The number of sulfonamides is 1. The lowest BCUT2D eigenvalue weighted by Crippen LogP contribution is -2.26. The van der Waals surface area contributed by atoms with Gasteiger partial charge in [-0.15, -0.1) is 0 Å². The predicted molar refractivity (Wildman–Crippen MR) is 110 cm³/mol. The van der Waals surface area contributed by atoms with E-state index in [1.54, 1.807) is 31.4 Å². The van der Waals surface area contributed by atoms with Gasteiger partial charge in [0.25, 0.3) is 0 Å². The number of rotatable bonds is 12. The van der Waals surface area contributed by atoms with Crippen LogP contribution < -0.4 is 18.9 Å². The summed E-state index contributed by atoms with van der Waals surface area (Å²) in [6, 6.07) is 12.1. The summed E-state index contributed by atoms with van der Waals surface area (Å²) in [5, 5.41) is 0. The number of methoxy groups -OCH3 is 1. The van der Waals surface area contributed by atoms with E-state index in [9.17, 15) is 8.42 Å². The van der Waals surface area contributed by atoms with Gasteiger partial charge in [0.05, 0.1) is 25.2 Å². The number of unbranched alkanes of at least 4 members (excludes halogenated alkanes) is 1. The minimum atomic E-state index is -3.57. The molecule has 0 aliphatic heterocycles. The molecule has 0 spiro atoms. The summed E-state index contributed by atoms with van der Waals surface area (Å²) in [5.74, 6) is 1.99. The van der Waals surface area contributed by atoms with E-state index in [-0.39, 0.29) is 11.4 Å². The first-order valence-electron chi connectivity index (χ1n) is 9.52. The maximum Gasteiger partial charge on any atom is 0.240 e. The van der Waals surface area contributed by atoms with Crippen molar-refractivity contribution in [3.8, 4) is 17.2 Å². The fourth-order valence-corrected chi connectivity index (χ4v) is 3.64. The van der Waals surface area contributed by atoms with Crippen LogP contribution in [0, 0.1) is 0 Å². The van der Waals surface area contributed by atoms with Crippen LogP contribution in [0.15, 0.2) is 47.4 Å². The largest absolute Gasteiger partial charge is 0.494 e. The summed E-state index contributed by atoms with van der Waals surface area (Å²) in [7, 11) is -1.98. The van der Waals surface area contributed by atoms with Gasteiger partial charge in [-0.25, -0.2) is 13.1 Å². The van der Waals surface area contributed by atoms with Crippen LogP contribution in [0.25, 0.3) is 0 Å². The van der Waals surface area contributed by atoms with E-state index in [0.29, 0.717) is 36.9 Å². The highest BCUT2D eigenvalue weighted by atomic mass is 32.2. The average molecular weight is 408 g/mol. The lowest BCUT2D eigenvalue weighted by molar-refractivity contribution is 0.309. The molecule has 2 rings (SSSR count). The molecule has 0 aromatic heterocycles. The summed E-state index contributed by atoms with van der Waals surface area (Å²) in [4.78, 5) is 0.222. The first-order chi connectivity index (χ1) is 13.5. The Kier molecular flexibility index (Phi) is 8.60. The molecule has 6 nitrogen and oxygen atoms in total. The van der Waals surface area contributed by atoms with Gasteiger partial charge in [0.1, 0.15) is 5.75 Å². The first kappa shape index (κ1) is 22.0. The molecule has 0 fully saturated rings. The van der Waals surface area contributed by atoms with Crippen LogP contribution in [0.4, 0.5) is 0 Å². The fourth-order valence-electron chi connectivity index (χ4n) is 2.60. The number of hydrogen-bond acceptors (Lipinski definition) is 5. The second kappa shape index (κ2) is 10.9. The summed E-state index contributed by atoms with van der Waals surface area (Å²) in [6.45, 7) is 5.47. The molecular weight excluding hydrogens is 378 g/mol. The van der Waals surface area contributed by atoms with Crippen LogP contribution in [0.5, 0.6) is 17.2 Å². The highest BCUT2D eigenvalue weighted by molar-refractivity contribution is 7.89. The van der Waals surface area contributed by atoms with Crippen LogP contribution >= 0.6 is 0 Å². The third-order valence-electron chi connectivity index (χ3n) is 4.13. The molecular formula is C21H29NO5S. The summed E-state index contributed by atoms with van der Waals surface area (Å²) < 4.78 is 43.9. The molecule has 1 N–H and O–H groups in total. The third kappa shape index (κ3) is 6.42. The van der Waals surface area contributed by atoms with Crippen LogP contribution in [0.2, 0.25) is 0 Å². The standard InChI is InChI=1S/C21H29NO5S/c1-4-6-15-27-18-8-10-19(11-9-18)28(23,24)22-14-13-17-7-12-20(26-5-2)21(16-17)25-3/h7-12,16,22H,4-6,13-15H2,1-3H3. The second-order valence-corrected chi connectivity index (χ2v) is 8.01. The highest BCUT2D eigenvalue weighted by Crippen LogP contribution is 2.28. The quantitative estimate of drug-likeness (QED) is 0.542. The Labute approximate surface area is 167 Å². The molecule has 0 heterocycles. The molecule has 2 aromatic rings. The highest BCUT2D eigenvalue weighted by Gasteiger charge is 2.14. The number of ether oxygens (including phenoxy) is 3. The SMILES string of the molecule is CCCCOc1ccc(S(=O)(=O)NCCc2ccc(OCC)c(OC)c2)cc1. The minimum absolute atomic E-state index is 0.222. The van der Waals surface area contributed by atoms with Crippen molar-refractivity contribution in [3.05, 3.63) is 48.0 Å². The van der Waals surface area contributed by atoms with Gasteiger partial charge in [0.2, 0.25) is 10.0 Å². The van der Waals surface area contributed by atoms with Crippen molar-refractivity contribution >= 4 is 10.0 Å². The van der Waals surface area contributed by atoms with Crippen molar-refractivity contribution in [2.75, 3.05) is 26.9 Å². The molecule has 154 valence electrons. The zero-order valence-electron chi connectivity index (χ0n) is 16.7. The predicted octanol–water partition coefficient (Wildman–Crippen LogP) is 3.79. The molecule has 0 unspecified atom stereocenters. The molecule has 0 bridgehead atoms. The zero-order chi connectivity index (χ0) is 20.4. The second-order valence-electron chi connectivity index (χ2n) is 6.24. The lowest BCUT2D eigenvalue weighted by Gasteiger charge is -2.12. The fraction of sp³-hybridized carbons (Fsp3) is 0.429. The van der Waals surface area contributed by atoms with Crippen molar-refractivity contribution in [1.82, 2.24) is 4.72 Å². The van der Waals surface area contributed by atoms with Gasteiger partial charge in [0, 0.05) is 6.54 Å². The van der Waals surface area contributed by atoms with E-state index in [2.05, 4.69) is 11.6 Å². The smallest absolute Gasteiger partial charge is 0.240 e. The Morgan fingerprint density at radius 2 is 1.71 bits per heavy atom. The monoisotopic (exact) mass is 407 g/mol. The van der Waals surface area contributed by atoms with Crippen molar-refractivity contribution in [1.29, 1.82) is 0 Å². The topological polar surface area (TPSA) is 73.9 Å². The maximum absolute atomic E-state index is 12.5. The van der Waals surface area contributed by atoms with Gasteiger partial charge in [-0.05, 0) is 61.7 Å². The Morgan fingerprint density at radius 3 is 2.36 bits per heavy atom. The number of hydrogen-bond donors (Lipinski definition) is 1. The number of benzene rings is 2. The van der Waals surface area contributed by atoms with Crippen molar-refractivity contribution in [3.63, 3.8) is 0 Å². The van der Waals surface area contributed by atoms with E-state index in [0.717, 1.165) is 18.4 Å². The van der Waals surface area contributed by atoms with Crippen LogP contribution in [-0.2, 0) is 16.4 Å². The molecule has 0 atom stereocenters. The van der Waals surface area contributed by atoms with Crippen molar-refractivity contribution < 1.29 is 22.6 Å². The molecule has 0 radical (unpaired) electrons. The molecule has 0 saturated heterocycles. The molecule has 0 aliphatic rings. The normalized spacial score (nSPS) is 11.2. The van der Waals surface area contributed by atoms with Crippen molar-refractivity contribution in [2.24, 2.45) is 0 Å². The van der Waals surface area contributed by atoms with Gasteiger partial charge in [0.15, 0.2) is 11.5 Å². The Balaban J connectivity index is 1.92. The van der Waals surface area contributed by atoms with Crippen molar-refractivity contribution in [2.45, 2.75) is 38.0 Å². The molecule has 0 amide bonds. The van der Waals surface area contributed by atoms with E-state index in [1.807, 2.05) is 25.1 Å². The van der Waals surface area contributed by atoms with E-state index < -0.39 is 10.0 Å². The Hall–Kier alpha value is -2.25. The van der Waals surface area contributed by atoms with E-state index in [4.69, 9.17) is 14.2 Å². The lowest BCUT2D eigenvalue weighted by atomic mass is 10.1. The van der Waals surface area contributed by atoms with Crippen LogP contribution in [0.1, 0.15) is 32.3 Å². The van der Waals surface area contributed by atoms with Gasteiger partial charge < -0.3 is 14.2 Å². The molecule has 7 heteroatoms. The summed E-state index contributed by atoms with van der Waals surface area (Å²) >= 11 is 0. The summed E-state index contributed by atoms with van der Waals surface area (Å²) in [6.07, 6.45) is 2.56. The molecule has 0 saturated carbocycles. The molecule has 2 aromatic carbocycles. The van der Waals surface area contributed by atoms with E-state index in [1.165, 1.54) is 0 Å². The van der Waals surface area contributed by atoms with Gasteiger partial charge in [-0.2, -0.15) is 0 Å². The van der Waals surface area contributed by atoms with Gasteiger partial charge in [-0.3, -0.25) is 0 Å². The van der Waals surface area contributed by atoms with E-state index >= 15 is 0 Å². The van der Waals surface area contributed by atoms with Gasteiger partial charge >= 0.3 is 0 Å².